The molecular weight excluding hydrogens is 192 g/mol. The summed E-state index contributed by atoms with van der Waals surface area (Å²) in [4.78, 5) is 11.5. The molecule has 0 unspecified atom stereocenters. The van der Waals surface area contributed by atoms with Crippen molar-refractivity contribution >= 4 is 5.91 Å². The van der Waals surface area contributed by atoms with Gasteiger partial charge in [-0.3, -0.25) is 4.79 Å². The van der Waals surface area contributed by atoms with E-state index in [9.17, 15) is 9.90 Å². The first kappa shape index (κ1) is 14.4. The smallest absolute Gasteiger partial charge is 0.237 e. The van der Waals surface area contributed by atoms with Crippen molar-refractivity contribution in [3.05, 3.63) is 0 Å². The highest BCUT2D eigenvalue weighted by Crippen LogP contribution is 2.12. The monoisotopic (exact) mass is 216 g/mol. The number of carbonyl (C=O) groups excluding carboxylic acids is 1. The lowest BCUT2D eigenvalue weighted by Gasteiger charge is -2.26. The molecule has 0 heterocycles. The predicted octanol–water partition coefficient (Wildman–Crippen LogP) is 0.637. The Labute approximate surface area is 92.2 Å². The van der Waals surface area contributed by atoms with Crippen molar-refractivity contribution in [2.45, 2.75) is 52.2 Å². The fourth-order valence-corrected chi connectivity index (χ4v) is 1.17. The molecule has 1 atom stereocenters. The topological polar surface area (TPSA) is 75.3 Å². The molecule has 4 N–H and O–H groups in total. The van der Waals surface area contributed by atoms with Crippen molar-refractivity contribution in [1.82, 2.24) is 5.32 Å². The maximum absolute atomic E-state index is 11.5. The van der Waals surface area contributed by atoms with E-state index in [4.69, 9.17) is 5.73 Å². The summed E-state index contributed by atoms with van der Waals surface area (Å²) in [7, 11) is 0. The first-order chi connectivity index (χ1) is 6.86. The molecule has 0 bridgehead atoms. The highest BCUT2D eigenvalue weighted by Gasteiger charge is 2.24. The predicted molar refractivity (Wildman–Crippen MR) is 61.4 cm³/mol. The van der Waals surface area contributed by atoms with Gasteiger partial charge in [-0.2, -0.15) is 0 Å². The third kappa shape index (κ3) is 4.62. The molecule has 0 aliphatic carbocycles. The zero-order valence-corrected chi connectivity index (χ0v) is 10.2. The second-order valence-electron chi connectivity index (χ2n) is 4.42. The number of aliphatic hydroxyl groups is 1. The minimum absolute atomic E-state index is 0.112. The van der Waals surface area contributed by atoms with Crippen molar-refractivity contribution < 1.29 is 9.90 Å². The van der Waals surface area contributed by atoms with Crippen molar-refractivity contribution in [2.24, 2.45) is 11.7 Å². The average molecular weight is 216 g/mol. The number of nitrogens with one attached hydrogen (secondary N) is 1. The lowest BCUT2D eigenvalue weighted by molar-refractivity contribution is -0.124. The van der Waals surface area contributed by atoms with E-state index in [1.807, 2.05) is 27.7 Å². The zero-order chi connectivity index (χ0) is 12.1. The Kier molecular flexibility index (Phi) is 5.83. The van der Waals surface area contributed by atoms with Gasteiger partial charge in [-0.15, -0.1) is 0 Å². The Hall–Kier alpha value is -0.610. The lowest BCUT2D eigenvalue weighted by atomic mass is 9.97. The standard InChI is InChI=1S/C11H24N2O2/c1-5-11(15,6-2)7-13-10(14)9(12)8(3)4/h8-9,15H,5-7,12H2,1-4H3,(H,13,14)/t9-/m0/s1. The summed E-state index contributed by atoms with van der Waals surface area (Å²) < 4.78 is 0. The number of hydrogen-bond acceptors (Lipinski definition) is 3. The van der Waals surface area contributed by atoms with Gasteiger partial charge in [0.05, 0.1) is 11.6 Å². The van der Waals surface area contributed by atoms with Gasteiger partial charge in [0.2, 0.25) is 5.91 Å². The molecule has 1 amide bonds. The molecule has 0 spiro atoms. The maximum atomic E-state index is 11.5. The van der Waals surface area contributed by atoms with Gasteiger partial charge >= 0.3 is 0 Å². The number of nitrogens with two attached hydrogens (primary N) is 1. The fourth-order valence-electron chi connectivity index (χ4n) is 1.17. The van der Waals surface area contributed by atoms with Crippen LogP contribution in [0.2, 0.25) is 0 Å². The molecule has 0 radical (unpaired) electrons. The highest BCUT2D eigenvalue weighted by molar-refractivity contribution is 5.81. The van der Waals surface area contributed by atoms with Crippen molar-refractivity contribution in [3.8, 4) is 0 Å². The zero-order valence-electron chi connectivity index (χ0n) is 10.2. The average Bonchev–Trinajstić information content (AvgIpc) is 2.24. The Morgan fingerprint density at radius 1 is 1.40 bits per heavy atom. The van der Waals surface area contributed by atoms with Gasteiger partial charge in [0.15, 0.2) is 0 Å². The van der Waals surface area contributed by atoms with Crippen LogP contribution in [0.5, 0.6) is 0 Å². The van der Waals surface area contributed by atoms with E-state index in [0.717, 1.165) is 0 Å². The molecule has 4 nitrogen and oxygen atoms in total. The molecule has 0 aliphatic rings. The van der Waals surface area contributed by atoms with Crippen LogP contribution in [0.3, 0.4) is 0 Å². The van der Waals surface area contributed by atoms with Crippen LogP contribution in [-0.4, -0.2) is 29.2 Å². The lowest BCUT2D eigenvalue weighted by Crippen LogP contribution is -2.49. The van der Waals surface area contributed by atoms with Crippen LogP contribution in [0.4, 0.5) is 0 Å². The van der Waals surface area contributed by atoms with E-state index in [-0.39, 0.29) is 18.4 Å². The van der Waals surface area contributed by atoms with Crippen LogP contribution in [0, 0.1) is 5.92 Å². The Bertz CT molecular complexity index is 201. The van der Waals surface area contributed by atoms with E-state index < -0.39 is 11.6 Å². The van der Waals surface area contributed by atoms with Crippen LogP contribution in [0.15, 0.2) is 0 Å². The van der Waals surface area contributed by atoms with Gasteiger partial charge in [-0.1, -0.05) is 27.7 Å². The summed E-state index contributed by atoms with van der Waals surface area (Å²) in [6.45, 7) is 7.88. The summed E-state index contributed by atoms with van der Waals surface area (Å²) in [5, 5.41) is 12.6. The first-order valence-corrected chi connectivity index (χ1v) is 5.62. The molecule has 15 heavy (non-hydrogen) atoms. The van der Waals surface area contributed by atoms with Crippen LogP contribution >= 0.6 is 0 Å². The number of carbonyl (C=O) groups is 1. The molecule has 0 saturated carbocycles. The van der Waals surface area contributed by atoms with Crippen LogP contribution < -0.4 is 11.1 Å². The minimum Gasteiger partial charge on any atom is -0.388 e. The summed E-state index contributed by atoms with van der Waals surface area (Å²) in [6, 6.07) is -0.497. The van der Waals surface area contributed by atoms with Crippen LogP contribution in [-0.2, 0) is 4.79 Å². The maximum Gasteiger partial charge on any atom is 0.237 e. The van der Waals surface area contributed by atoms with Gasteiger partial charge in [0.25, 0.3) is 0 Å². The quantitative estimate of drug-likeness (QED) is 0.610. The van der Waals surface area contributed by atoms with E-state index in [1.165, 1.54) is 0 Å². The Morgan fingerprint density at radius 2 is 1.87 bits per heavy atom. The number of hydrogen-bond donors (Lipinski definition) is 3. The summed E-state index contributed by atoms with van der Waals surface area (Å²) >= 11 is 0. The van der Waals surface area contributed by atoms with E-state index in [1.54, 1.807) is 0 Å². The van der Waals surface area contributed by atoms with E-state index >= 15 is 0 Å². The number of rotatable bonds is 6. The van der Waals surface area contributed by atoms with E-state index in [2.05, 4.69) is 5.32 Å². The molecule has 0 aromatic carbocycles. The second kappa shape index (κ2) is 6.08. The molecule has 0 saturated heterocycles. The number of amides is 1. The minimum atomic E-state index is -0.799. The second-order valence-corrected chi connectivity index (χ2v) is 4.42. The SMILES string of the molecule is CCC(O)(CC)CNC(=O)[C@@H](N)C(C)C. The Balaban J connectivity index is 4.10. The van der Waals surface area contributed by atoms with Gasteiger partial charge in [-0.25, -0.2) is 0 Å². The highest BCUT2D eigenvalue weighted by atomic mass is 16.3. The first-order valence-electron chi connectivity index (χ1n) is 5.62. The molecule has 4 heteroatoms. The van der Waals surface area contributed by atoms with Crippen molar-refractivity contribution in [2.75, 3.05) is 6.54 Å². The molecule has 0 aromatic rings. The van der Waals surface area contributed by atoms with Crippen LogP contribution in [0.1, 0.15) is 40.5 Å². The molecular formula is C11H24N2O2. The van der Waals surface area contributed by atoms with Gasteiger partial charge in [-0.05, 0) is 18.8 Å². The molecule has 0 fully saturated rings. The third-order valence-corrected chi connectivity index (χ3v) is 2.93. The van der Waals surface area contributed by atoms with Gasteiger partial charge in [0.1, 0.15) is 0 Å². The summed E-state index contributed by atoms with van der Waals surface area (Å²) in [6.07, 6.45) is 1.25. The molecule has 0 rings (SSSR count). The molecule has 0 aromatic heterocycles. The largest absolute Gasteiger partial charge is 0.388 e. The Morgan fingerprint density at radius 3 is 2.20 bits per heavy atom. The van der Waals surface area contributed by atoms with Crippen molar-refractivity contribution in [1.29, 1.82) is 0 Å². The fraction of sp³-hybridized carbons (Fsp3) is 0.909. The molecule has 90 valence electrons. The van der Waals surface area contributed by atoms with Crippen molar-refractivity contribution in [3.63, 3.8) is 0 Å². The molecule has 0 aliphatic heterocycles. The van der Waals surface area contributed by atoms with Gasteiger partial charge in [0, 0.05) is 6.54 Å². The third-order valence-electron chi connectivity index (χ3n) is 2.93. The summed E-state index contributed by atoms with van der Waals surface area (Å²) in [5.74, 6) is -0.0772. The summed E-state index contributed by atoms with van der Waals surface area (Å²) in [5.41, 5.74) is 4.88. The van der Waals surface area contributed by atoms with E-state index in [0.29, 0.717) is 12.8 Å². The van der Waals surface area contributed by atoms with Gasteiger partial charge < -0.3 is 16.2 Å². The van der Waals surface area contributed by atoms with Crippen LogP contribution in [0.25, 0.3) is 0 Å². The normalized spacial score (nSPS) is 14.1.